The number of nitrogens with one attached hydrogen (secondary N) is 1. The molecule has 23 heavy (non-hydrogen) atoms. The zero-order valence-corrected chi connectivity index (χ0v) is 14.0. The minimum Gasteiger partial charge on any atom is -0.346 e. The number of nitrogens with zero attached hydrogens (tertiary/aromatic N) is 3. The number of thiophene rings is 1. The van der Waals surface area contributed by atoms with Crippen molar-refractivity contribution < 1.29 is 9.59 Å². The highest BCUT2D eigenvalue weighted by Crippen LogP contribution is 2.29. The average Bonchev–Trinajstić information content (AvgIpc) is 3.22. The van der Waals surface area contributed by atoms with Gasteiger partial charge in [0, 0.05) is 43.8 Å². The van der Waals surface area contributed by atoms with Gasteiger partial charge in [-0.15, -0.1) is 22.7 Å². The van der Waals surface area contributed by atoms with Crippen molar-refractivity contribution in [2.75, 3.05) is 26.2 Å². The van der Waals surface area contributed by atoms with Crippen molar-refractivity contribution in [3.05, 3.63) is 28.6 Å². The van der Waals surface area contributed by atoms with Crippen molar-refractivity contribution in [3.8, 4) is 9.88 Å². The van der Waals surface area contributed by atoms with E-state index in [2.05, 4.69) is 26.6 Å². The number of thiazole rings is 1. The van der Waals surface area contributed by atoms with Gasteiger partial charge >= 0.3 is 11.8 Å². The van der Waals surface area contributed by atoms with Gasteiger partial charge < -0.3 is 10.2 Å². The lowest BCUT2D eigenvalue weighted by Gasteiger charge is -2.43. The zero-order valence-electron chi connectivity index (χ0n) is 12.4. The number of carbonyl (C=O) groups is 2. The molecule has 2 aliphatic rings. The molecule has 0 bridgehead atoms. The van der Waals surface area contributed by atoms with Gasteiger partial charge in [-0.05, 0) is 11.4 Å². The van der Waals surface area contributed by atoms with Crippen LogP contribution in [0.3, 0.4) is 0 Å². The summed E-state index contributed by atoms with van der Waals surface area (Å²) in [6, 6.07) is 4.20. The van der Waals surface area contributed by atoms with E-state index in [-0.39, 0.29) is 6.04 Å². The van der Waals surface area contributed by atoms with Crippen LogP contribution < -0.4 is 5.32 Å². The van der Waals surface area contributed by atoms with Gasteiger partial charge in [0.05, 0.1) is 10.9 Å². The minimum absolute atomic E-state index is 0.0821. The van der Waals surface area contributed by atoms with Crippen LogP contribution in [0.25, 0.3) is 9.88 Å². The van der Waals surface area contributed by atoms with Crippen LogP contribution in [-0.4, -0.2) is 58.8 Å². The average molecular weight is 348 g/mol. The first-order chi connectivity index (χ1) is 11.2. The fourth-order valence-corrected chi connectivity index (χ4v) is 4.80. The number of fused-ring (bicyclic) bond motifs is 1. The quantitative estimate of drug-likeness (QED) is 0.841. The predicted octanol–water partition coefficient (Wildman–Crippen LogP) is 1.01. The van der Waals surface area contributed by atoms with Gasteiger partial charge in [-0.3, -0.25) is 14.5 Å². The molecule has 0 saturated carbocycles. The summed E-state index contributed by atoms with van der Waals surface area (Å²) in [7, 11) is 0. The molecule has 2 fully saturated rings. The molecule has 0 unspecified atom stereocenters. The summed E-state index contributed by atoms with van der Waals surface area (Å²) < 4.78 is 0. The molecule has 0 aliphatic carbocycles. The molecule has 4 rings (SSSR count). The fraction of sp³-hybridized carbons (Fsp3) is 0.400. The Morgan fingerprint density at radius 3 is 3.09 bits per heavy atom. The zero-order chi connectivity index (χ0) is 15.8. The van der Waals surface area contributed by atoms with Crippen LogP contribution in [0.15, 0.2) is 23.7 Å². The molecule has 2 saturated heterocycles. The van der Waals surface area contributed by atoms with Gasteiger partial charge in [0.2, 0.25) is 0 Å². The lowest BCUT2D eigenvalue weighted by molar-refractivity contribution is -0.152. The van der Waals surface area contributed by atoms with Crippen LogP contribution >= 0.6 is 22.7 Å². The molecule has 2 aliphatic heterocycles. The van der Waals surface area contributed by atoms with Crippen LogP contribution in [0.1, 0.15) is 4.88 Å². The van der Waals surface area contributed by atoms with Crippen LogP contribution in [0, 0.1) is 0 Å². The smallest absolute Gasteiger partial charge is 0.312 e. The van der Waals surface area contributed by atoms with E-state index in [1.54, 1.807) is 27.6 Å². The molecule has 6 nitrogen and oxygen atoms in total. The maximum absolute atomic E-state index is 11.8. The van der Waals surface area contributed by atoms with Gasteiger partial charge in [0.15, 0.2) is 0 Å². The molecule has 2 aromatic heterocycles. The Hall–Kier alpha value is -1.77. The van der Waals surface area contributed by atoms with E-state index in [1.807, 2.05) is 12.3 Å². The van der Waals surface area contributed by atoms with E-state index in [4.69, 9.17) is 0 Å². The summed E-state index contributed by atoms with van der Waals surface area (Å²) >= 11 is 3.42. The molecule has 120 valence electrons. The molecule has 8 heteroatoms. The number of piperazine rings is 2. The fourth-order valence-electron chi connectivity index (χ4n) is 3.04. The molecular formula is C15H16N4O2S2. The van der Waals surface area contributed by atoms with Crippen LogP contribution in [0.5, 0.6) is 0 Å². The first-order valence-corrected chi connectivity index (χ1v) is 9.20. The Kier molecular flexibility index (Phi) is 3.88. The van der Waals surface area contributed by atoms with Crippen molar-refractivity contribution in [2.24, 2.45) is 0 Å². The van der Waals surface area contributed by atoms with E-state index in [1.165, 1.54) is 9.75 Å². The van der Waals surface area contributed by atoms with E-state index < -0.39 is 11.8 Å². The van der Waals surface area contributed by atoms with E-state index in [0.29, 0.717) is 13.1 Å². The Morgan fingerprint density at radius 2 is 2.26 bits per heavy atom. The lowest BCUT2D eigenvalue weighted by Crippen LogP contribution is -2.65. The van der Waals surface area contributed by atoms with Gasteiger partial charge in [-0.1, -0.05) is 6.07 Å². The van der Waals surface area contributed by atoms with E-state index in [0.717, 1.165) is 24.6 Å². The second kappa shape index (κ2) is 6.03. The Bertz CT molecular complexity index is 728. The molecule has 0 aromatic carbocycles. The van der Waals surface area contributed by atoms with Crippen molar-refractivity contribution in [2.45, 2.75) is 12.6 Å². The minimum atomic E-state index is -0.474. The summed E-state index contributed by atoms with van der Waals surface area (Å²) in [5.74, 6) is -0.864. The first kappa shape index (κ1) is 14.8. The monoisotopic (exact) mass is 348 g/mol. The molecule has 0 spiro atoms. The number of carbonyl (C=O) groups excluding carboxylic acids is 2. The summed E-state index contributed by atoms with van der Waals surface area (Å²) in [5.41, 5.74) is 0. The first-order valence-electron chi connectivity index (χ1n) is 7.50. The van der Waals surface area contributed by atoms with Gasteiger partial charge in [-0.2, -0.15) is 0 Å². The molecule has 4 heterocycles. The normalized spacial score (nSPS) is 22.1. The second-order valence-electron chi connectivity index (χ2n) is 5.71. The number of amides is 2. The molecule has 2 amide bonds. The molecule has 0 radical (unpaired) electrons. The van der Waals surface area contributed by atoms with Crippen LogP contribution in [0.4, 0.5) is 0 Å². The lowest BCUT2D eigenvalue weighted by atomic mass is 10.1. The highest BCUT2D eigenvalue weighted by atomic mass is 32.1. The van der Waals surface area contributed by atoms with Gasteiger partial charge in [0.25, 0.3) is 0 Å². The summed E-state index contributed by atoms with van der Waals surface area (Å²) in [5, 5.41) is 5.80. The van der Waals surface area contributed by atoms with Crippen molar-refractivity contribution in [1.29, 1.82) is 0 Å². The number of aromatic nitrogens is 1. The number of rotatable bonds is 3. The largest absolute Gasteiger partial charge is 0.346 e. The number of hydrogen-bond donors (Lipinski definition) is 1. The third kappa shape index (κ3) is 2.89. The Labute approximate surface area is 141 Å². The van der Waals surface area contributed by atoms with Crippen molar-refractivity contribution in [3.63, 3.8) is 0 Å². The van der Waals surface area contributed by atoms with E-state index in [9.17, 15) is 9.59 Å². The molecule has 2 aromatic rings. The number of hydrogen-bond acceptors (Lipinski definition) is 6. The third-order valence-corrected chi connectivity index (χ3v) is 6.21. The topological polar surface area (TPSA) is 65.5 Å². The van der Waals surface area contributed by atoms with Crippen LogP contribution in [-0.2, 0) is 16.1 Å². The molecule has 1 N–H and O–H groups in total. The Morgan fingerprint density at radius 1 is 1.35 bits per heavy atom. The molecular weight excluding hydrogens is 332 g/mol. The predicted molar refractivity (Wildman–Crippen MR) is 89.2 cm³/mol. The summed E-state index contributed by atoms with van der Waals surface area (Å²) in [6.45, 7) is 3.59. The van der Waals surface area contributed by atoms with Crippen LogP contribution in [0.2, 0.25) is 0 Å². The highest BCUT2D eigenvalue weighted by molar-refractivity contribution is 7.20. The van der Waals surface area contributed by atoms with Gasteiger partial charge in [-0.25, -0.2) is 4.98 Å². The Balaban J connectivity index is 1.41. The SMILES string of the molecule is O=C1NC[C@@H]2CN(Cc3cnc(-c4cccs4)s3)CCN2C1=O. The maximum atomic E-state index is 11.8. The molecule has 1 atom stereocenters. The second-order valence-corrected chi connectivity index (χ2v) is 7.77. The summed E-state index contributed by atoms with van der Waals surface area (Å²) in [4.78, 5) is 34.2. The van der Waals surface area contributed by atoms with Crippen molar-refractivity contribution >= 4 is 34.5 Å². The van der Waals surface area contributed by atoms with Crippen molar-refractivity contribution in [1.82, 2.24) is 20.1 Å². The maximum Gasteiger partial charge on any atom is 0.312 e. The summed E-state index contributed by atoms with van der Waals surface area (Å²) in [6.07, 6.45) is 1.94. The van der Waals surface area contributed by atoms with Gasteiger partial charge in [0.1, 0.15) is 5.01 Å². The highest BCUT2D eigenvalue weighted by Gasteiger charge is 2.37. The third-order valence-electron chi connectivity index (χ3n) is 4.19. The van der Waals surface area contributed by atoms with E-state index >= 15 is 0 Å². The standard InChI is InChI=1S/C15H16N4O2S2/c20-13-15(21)19-4-3-18(8-10(19)6-16-13)9-11-7-17-14(23-11)12-2-1-5-22-12/h1-2,5,7,10H,3-4,6,8-9H2,(H,16,20)/t10-/m1/s1.